The van der Waals surface area contributed by atoms with Crippen LogP contribution in [0.1, 0.15) is 30.6 Å². The fourth-order valence-electron chi connectivity index (χ4n) is 2.37. The number of nitrogens with one attached hydrogen (secondary N) is 1. The molecule has 24 heavy (non-hydrogen) atoms. The number of aliphatic hydroxyl groups excluding tert-OH is 1. The van der Waals surface area contributed by atoms with Gasteiger partial charge in [0.05, 0.1) is 24.8 Å². The fraction of sp³-hybridized carbons (Fsp3) is 0.368. The van der Waals surface area contributed by atoms with E-state index in [9.17, 15) is 5.11 Å². The average molecular weight is 350 g/mol. The summed E-state index contributed by atoms with van der Waals surface area (Å²) in [5.41, 5.74) is 1.87. The number of halogens is 1. The average Bonchev–Trinajstić information content (AvgIpc) is 2.61. The third-order valence-corrected chi connectivity index (χ3v) is 3.87. The molecule has 0 bridgehead atoms. The van der Waals surface area contributed by atoms with Crippen molar-refractivity contribution in [3.8, 4) is 11.5 Å². The minimum atomic E-state index is -0.546. The van der Waals surface area contributed by atoms with Crippen LogP contribution in [-0.4, -0.2) is 25.4 Å². The minimum absolute atomic E-state index is 0.456. The lowest BCUT2D eigenvalue weighted by Gasteiger charge is -2.15. The van der Waals surface area contributed by atoms with Crippen LogP contribution in [0.15, 0.2) is 42.5 Å². The Kier molecular flexibility index (Phi) is 7.37. The number of hydrogen-bond donors (Lipinski definition) is 2. The molecule has 0 amide bonds. The van der Waals surface area contributed by atoms with Gasteiger partial charge in [-0.3, -0.25) is 0 Å². The molecule has 0 aliphatic rings. The normalized spacial score (nSPS) is 12.0. The van der Waals surface area contributed by atoms with E-state index in [1.54, 1.807) is 7.11 Å². The summed E-state index contributed by atoms with van der Waals surface area (Å²) in [6, 6.07) is 13.3. The zero-order valence-electron chi connectivity index (χ0n) is 14.1. The molecular weight excluding hydrogens is 326 g/mol. The van der Waals surface area contributed by atoms with Crippen molar-refractivity contribution in [2.45, 2.75) is 26.0 Å². The van der Waals surface area contributed by atoms with E-state index in [0.717, 1.165) is 17.5 Å². The SMILES string of the molecule is CCCOc1c(Cl)cc(CNC[C@@H](O)c2ccccc2)cc1OC. The van der Waals surface area contributed by atoms with Gasteiger partial charge in [0.1, 0.15) is 0 Å². The molecule has 0 fully saturated rings. The molecule has 0 aromatic heterocycles. The van der Waals surface area contributed by atoms with Gasteiger partial charge in [0.2, 0.25) is 0 Å². The summed E-state index contributed by atoms with van der Waals surface area (Å²) >= 11 is 6.30. The van der Waals surface area contributed by atoms with E-state index in [2.05, 4.69) is 5.32 Å². The third kappa shape index (κ3) is 5.13. The molecule has 0 aliphatic heterocycles. The van der Waals surface area contributed by atoms with Gasteiger partial charge < -0.3 is 19.9 Å². The van der Waals surface area contributed by atoms with Gasteiger partial charge in [0.15, 0.2) is 11.5 Å². The molecule has 130 valence electrons. The Morgan fingerprint density at radius 3 is 2.62 bits per heavy atom. The van der Waals surface area contributed by atoms with Crippen LogP contribution in [0.4, 0.5) is 0 Å². The Bertz CT molecular complexity index is 634. The molecule has 0 heterocycles. The first-order valence-electron chi connectivity index (χ1n) is 8.08. The summed E-state index contributed by atoms with van der Waals surface area (Å²) in [4.78, 5) is 0. The van der Waals surface area contributed by atoms with Crippen LogP contribution in [0.2, 0.25) is 5.02 Å². The van der Waals surface area contributed by atoms with E-state index in [-0.39, 0.29) is 0 Å². The number of aliphatic hydroxyl groups is 1. The number of ether oxygens (including phenoxy) is 2. The summed E-state index contributed by atoms with van der Waals surface area (Å²) in [5, 5.41) is 13.9. The van der Waals surface area contributed by atoms with Gasteiger partial charge in [-0.1, -0.05) is 48.9 Å². The van der Waals surface area contributed by atoms with Crippen molar-refractivity contribution in [2.75, 3.05) is 20.3 Å². The quantitative estimate of drug-likeness (QED) is 0.719. The van der Waals surface area contributed by atoms with Gasteiger partial charge in [-0.15, -0.1) is 0 Å². The zero-order chi connectivity index (χ0) is 17.4. The van der Waals surface area contributed by atoms with E-state index >= 15 is 0 Å². The summed E-state index contributed by atoms with van der Waals surface area (Å²) in [6.07, 6.45) is 0.357. The van der Waals surface area contributed by atoms with Crippen molar-refractivity contribution in [2.24, 2.45) is 0 Å². The Balaban J connectivity index is 1.96. The highest BCUT2D eigenvalue weighted by atomic mass is 35.5. The highest BCUT2D eigenvalue weighted by molar-refractivity contribution is 6.32. The second-order valence-electron chi connectivity index (χ2n) is 5.51. The zero-order valence-corrected chi connectivity index (χ0v) is 14.8. The molecule has 2 aromatic rings. The van der Waals surface area contributed by atoms with Crippen LogP contribution in [0, 0.1) is 0 Å². The standard InChI is InChI=1S/C19H24ClNO3/c1-3-9-24-19-16(20)10-14(11-18(19)23-2)12-21-13-17(22)15-7-5-4-6-8-15/h4-8,10-11,17,21-22H,3,9,12-13H2,1-2H3/t17-/m1/s1. The van der Waals surface area contributed by atoms with Crippen molar-refractivity contribution in [3.63, 3.8) is 0 Å². The molecule has 0 aliphatic carbocycles. The molecule has 0 unspecified atom stereocenters. The Morgan fingerprint density at radius 2 is 1.96 bits per heavy atom. The molecule has 0 saturated heterocycles. The fourth-order valence-corrected chi connectivity index (χ4v) is 2.65. The minimum Gasteiger partial charge on any atom is -0.493 e. The van der Waals surface area contributed by atoms with E-state index in [4.69, 9.17) is 21.1 Å². The summed E-state index contributed by atoms with van der Waals surface area (Å²) < 4.78 is 11.0. The topological polar surface area (TPSA) is 50.7 Å². The van der Waals surface area contributed by atoms with Crippen LogP contribution in [-0.2, 0) is 6.54 Å². The number of methoxy groups -OCH3 is 1. The van der Waals surface area contributed by atoms with Crippen molar-refractivity contribution in [3.05, 3.63) is 58.6 Å². The predicted octanol–water partition coefficient (Wildman–Crippen LogP) is 3.96. The monoisotopic (exact) mass is 349 g/mol. The lowest BCUT2D eigenvalue weighted by molar-refractivity contribution is 0.174. The number of rotatable bonds is 9. The second-order valence-corrected chi connectivity index (χ2v) is 5.92. The van der Waals surface area contributed by atoms with Gasteiger partial charge >= 0.3 is 0 Å². The Morgan fingerprint density at radius 1 is 1.21 bits per heavy atom. The van der Waals surface area contributed by atoms with E-state index in [0.29, 0.717) is 36.2 Å². The van der Waals surface area contributed by atoms with Gasteiger partial charge in [-0.05, 0) is 29.7 Å². The maximum atomic E-state index is 10.2. The van der Waals surface area contributed by atoms with Crippen LogP contribution in [0.5, 0.6) is 11.5 Å². The molecule has 5 heteroatoms. The largest absolute Gasteiger partial charge is 0.493 e. The maximum Gasteiger partial charge on any atom is 0.179 e. The second kappa shape index (κ2) is 9.52. The Hall–Kier alpha value is -1.75. The highest BCUT2D eigenvalue weighted by Gasteiger charge is 2.12. The molecule has 0 radical (unpaired) electrons. The van der Waals surface area contributed by atoms with Crippen LogP contribution < -0.4 is 14.8 Å². The van der Waals surface area contributed by atoms with Gasteiger partial charge in [0.25, 0.3) is 0 Å². The Labute approximate surface area is 148 Å². The van der Waals surface area contributed by atoms with Crippen LogP contribution in [0.3, 0.4) is 0 Å². The molecule has 0 spiro atoms. The maximum absolute atomic E-state index is 10.2. The smallest absolute Gasteiger partial charge is 0.179 e. The first kappa shape index (κ1) is 18.6. The highest BCUT2D eigenvalue weighted by Crippen LogP contribution is 2.36. The summed E-state index contributed by atoms with van der Waals surface area (Å²) in [6.45, 7) is 3.67. The molecule has 2 rings (SSSR count). The molecule has 0 saturated carbocycles. The van der Waals surface area contributed by atoms with Crippen molar-refractivity contribution >= 4 is 11.6 Å². The van der Waals surface area contributed by atoms with Gasteiger partial charge in [-0.2, -0.15) is 0 Å². The first-order valence-corrected chi connectivity index (χ1v) is 8.46. The lowest BCUT2D eigenvalue weighted by Crippen LogP contribution is -2.21. The molecular formula is C19H24ClNO3. The van der Waals surface area contributed by atoms with E-state index in [1.807, 2.05) is 49.4 Å². The van der Waals surface area contributed by atoms with Crippen molar-refractivity contribution in [1.82, 2.24) is 5.32 Å². The van der Waals surface area contributed by atoms with Crippen molar-refractivity contribution < 1.29 is 14.6 Å². The first-order chi connectivity index (χ1) is 11.7. The number of hydrogen-bond acceptors (Lipinski definition) is 4. The predicted molar refractivity (Wildman–Crippen MR) is 96.9 cm³/mol. The molecule has 2 N–H and O–H groups in total. The van der Waals surface area contributed by atoms with Gasteiger partial charge in [-0.25, -0.2) is 0 Å². The third-order valence-electron chi connectivity index (χ3n) is 3.59. The van der Waals surface area contributed by atoms with E-state index < -0.39 is 6.10 Å². The molecule has 1 atom stereocenters. The molecule has 2 aromatic carbocycles. The number of benzene rings is 2. The summed E-state index contributed by atoms with van der Waals surface area (Å²) in [5.74, 6) is 1.20. The van der Waals surface area contributed by atoms with Crippen LogP contribution in [0.25, 0.3) is 0 Å². The lowest BCUT2D eigenvalue weighted by atomic mass is 10.1. The van der Waals surface area contributed by atoms with Crippen molar-refractivity contribution in [1.29, 1.82) is 0 Å². The van der Waals surface area contributed by atoms with Crippen LogP contribution >= 0.6 is 11.6 Å². The van der Waals surface area contributed by atoms with E-state index in [1.165, 1.54) is 0 Å². The summed E-state index contributed by atoms with van der Waals surface area (Å²) in [7, 11) is 1.60. The van der Waals surface area contributed by atoms with Gasteiger partial charge in [0, 0.05) is 13.1 Å². The molecule has 4 nitrogen and oxygen atoms in total.